The fraction of sp³-hybridized carbons (Fsp3) is 0.118. The average molecular weight is 347 g/mol. The van der Waals surface area contributed by atoms with Gasteiger partial charge in [0.15, 0.2) is 11.6 Å². The Balaban J connectivity index is 1.96. The van der Waals surface area contributed by atoms with Crippen molar-refractivity contribution in [1.29, 1.82) is 0 Å². The van der Waals surface area contributed by atoms with Crippen LogP contribution in [0.4, 0.5) is 20.2 Å². The van der Waals surface area contributed by atoms with E-state index < -0.39 is 11.4 Å². The van der Waals surface area contributed by atoms with Crippen molar-refractivity contribution in [1.82, 2.24) is 9.55 Å². The Kier molecular flexibility index (Phi) is 4.82. The SMILES string of the molecule is Cn1ccnc1C[S+]([O-])N(c1ccc(F)cc1)c1ccc(F)cc1. The lowest BCUT2D eigenvalue weighted by molar-refractivity contribution is 0.591. The second kappa shape index (κ2) is 7.02. The molecule has 1 heterocycles. The van der Waals surface area contributed by atoms with Crippen LogP contribution in [0.2, 0.25) is 0 Å². The average Bonchev–Trinajstić information content (AvgIpc) is 2.96. The summed E-state index contributed by atoms with van der Waals surface area (Å²) in [6.45, 7) is 0. The first-order chi connectivity index (χ1) is 11.5. The normalized spacial score (nSPS) is 12.2. The Morgan fingerprint density at radius 3 is 1.92 bits per heavy atom. The third kappa shape index (κ3) is 3.58. The van der Waals surface area contributed by atoms with Gasteiger partial charge in [0.1, 0.15) is 11.6 Å². The minimum absolute atomic E-state index is 0.179. The Morgan fingerprint density at radius 1 is 1.00 bits per heavy atom. The number of aromatic nitrogens is 2. The fourth-order valence-corrected chi connectivity index (χ4v) is 3.59. The maximum absolute atomic E-state index is 13.2. The van der Waals surface area contributed by atoms with E-state index in [1.807, 2.05) is 7.05 Å². The lowest BCUT2D eigenvalue weighted by Crippen LogP contribution is -2.28. The molecule has 0 aliphatic carbocycles. The number of rotatable bonds is 5. The molecule has 7 heteroatoms. The van der Waals surface area contributed by atoms with Crippen LogP contribution in [0, 0.1) is 11.6 Å². The quantitative estimate of drug-likeness (QED) is 0.661. The molecule has 0 saturated heterocycles. The number of imidazole rings is 1. The van der Waals surface area contributed by atoms with Crippen molar-refractivity contribution >= 4 is 22.7 Å². The van der Waals surface area contributed by atoms with Crippen molar-refractivity contribution in [3.63, 3.8) is 0 Å². The van der Waals surface area contributed by atoms with Crippen LogP contribution in [0.3, 0.4) is 0 Å². The van der Waals surface area contributed by atoms with Crippen LogP contribution in [0.25, 0.3) is 0 Å². The van der Waals surface area contributed by atoms with Gasteiger partial charge in [0.2, 0.25) is 0 Å². The number of nitrogens with zero attached hydrogens (tertiary/aromatic N) is 3. The van der Waals surface area contributed by atoms with Crippen LogP contribution in [-0.4, -0.2) is 14.1 Å². The van der Waals surface area contributed by atoms with Crippen LogP contribution < -0.4 is 4.31 Å². The lowest BCUT2D eigenvalue weighted by atomic mass is 10.2. The maximum Gasteiger partial charge on any atom is 0.189 e. The highest BCUT2D eigenvalue weighted by atomic mass is 32.2. The Bertz CT molecular complexity index is 760. The summed E-state index contributed by atoms with van der Waals surface area (Å²) >= 11 is -1.51. The molecule has 4 nitrogen and oxygen atoms in total. The molecule has 0 aliphatic rings. The van der Waals surface area contributed by atoms with Crippen molar-refractivity contribution in [3.8, 4) is 0 Å². The first-order valence-corrected chi connectivity index (χ1v) is 8.48. The number of hydrogen-bond donors (Lipinski definition) is 0. The zero-order valence-corrected chi connectivity index (χ0v) is 13.7. The highest BCUT2D eigenvalue weighted by Gasteiger charge is 2.25. The number of aryl methyl sites for hydroxylation is 1. The standard InChI is InChI=1S/C17H15F2N3OS/c1-21-11-10-20-17(21)12-24(23)22(15-6-2-13(18)3-7-15)16-8-4-14(19)5-9-16/h2-11H,12H2,1H3. The molecular weight excluding hydrogens is 332 g/mol. The monoisotopic (exact) mass is 347 g/mol. The van der Waals surface area contributed by atoms with Gasteiger partial charge in [-0.05, 0) is 48.5 Å². The number of hydrogen-bond acceptors (Lipinski definition) is 3. The number of benzene rings is 2. The van der Waals surface area contributed by atoms with Crippen LogP contribution in [0.15, 0.2) is 60.9 Å². The van der Waals surface area contributed by atoms with Gasteiger partial charge in [-0.3, -0.25) is 0 Å². The topological polar surface area (TPSA) is 44.1 Å². The summed E-state index contributed by atoms with van der Waals surface area (Å²) in [5, 5.41) is 0. The maximum atomic E-state index is 13.2. The van der Waals surface area contributed by atoms with Crippen molar-refractivity contribution in [2.45, 2.75) is 5.75 Å². The molecule has 1 unspecified atom stereocenters. The summed E-state index contributed by atoms with van der Waals surface area (Å²) in [4.78, 5) is 4.18. The van der Waals surface area contributed by atoms with Crippen LogP contribution in [0.1, 0.15) is 5.82 Å². The van der Waals surface area contributed by atoms with E-state index in [1.54, 1.807) is 17.0 Å². The van der Waals surface area contributed by atoms with Crippen LogP contribution in [0.5, 0.6) is 0 Å². The van der Waals surface area contributed by atoms with E-state index in [-0.39, 0.29) is 17.4 Å². The van der Waals surface area contributed by atoms with Gasteiger partial charge in [-0.25, -0.2) is 13.8 Å². The molecule has 0 spiro atoms. The number of halogens is 2. The zero-order valence-electron chi connectivity index (χ0n) is 12.9. The Labute approximate surface area is 141 Å². The molecule has 0 amide bonds. The van der Waals surface area contributed by atoms with E-state index in [1.165, 1.54) is 52.8 Å². The predicted octanol–water partition coefficient (Wildman–Crippen LogP) is 3.70. The number of anilines is 2. The van der Waals surface area contributed by atoms with E-state index in [9.17, 15) is 13.3 Å². The molecule has 2 aromatic carbocycles. The first kappa shape index (κ1) is 16.5. The predicted molar refractivity (Wildman–Crippen MR) is 90.0 cm³/mol. The minimum Gasteiger partial charge on any atom is -0.592 e. The van der Waals surface area contributed by atoms with Crippen LogP contribution in [-0.2, 0) is 24.2 Å². The summed E-state index contributed by atoms with van der Waals surface area (Å²) in [5.74, 6) is 0.0704. The van der Waals surface area contributed by atoms with Crippen molar-refractivity contribution < 1.29 is 13.3 Å². The van der Waals surface area contributed by atoms with Gasteiger partial charge < -0.3 is 9.12 Å². The summed E-state index contributed by atoms with van der Waals surface area (Å²) < 4.78 is 42.7. The largest absolute Gasteiger partial charge is 0.592 e. The van der Waals surface area contributed by atoms with Crippen molar-refractivity contribution in [2.24, 2.45) is 7.05 Å². The summed E-state index contributed by atoms with van der Waals surface area (Å²) in [7, 11) is 1.82. The molecule has 0 aliphatic heterocycles. The van der Waals surface area contributed by atoms with E-state index in [0.29, 0.717) is 17.2 Å². The van der Waals surface area contributed by atoms with E-state index in [4.69, 9.17) is 0 Å². The minimum atomic E-state index is -1.51. The van der Waals surface area contributed by atoms with Crippen LogP contribution >= 0.6 is 0 Å². The van der Waals surface area contributed by atoms with Gasteiger partial charge in [-0.1, -0.05) is 0 Å². The van der Waals surface area contributed by atoms with Crippen molar-refractivity contribution in [3.05, 3.63) is 78.4 Å². The highest BCUT2D eigenvalue weighted by molar-refractivity contribution is 7.92. The molecule has 0 bridgehead atoms. The highest BCUT2D eigenvalue weighted by Crippen LogP contribution is 2.30. The van der Waals surface area contributed by atoms with E-state index in [0.717, 1.165) is 0 Å². The Hall–Kier alpha value is -2.38. The molecule has 0 saturated carbocycles. The third-order valence-corrected chi connectivity index (χ3v) is 4.83. The third-order valence-electron chi connectivity index (χ3n) is 3.50. The molecule has 0 radical (unpaired) electrons. The first-order valence-electron chi connectivity index (χ1n) is 7.20. The zero-order chi connectivity index (χ0) is 17.1. The van der Waals surface area contributed by atoms with E-state index >= 15 is 0 Å². The molecule has 124 valence electrons. The van der Waals surface area contributed by atoms with Gasteiger partial charge in [0.05, 0.1) is 22.7 Å². The summed E-state index contributed by atoms with van der Waals surface area (Å²) in [5.41, 5.74) is 1.10. The molecule has 3 rings (SSSR count). The lowest BCUT2D eigenvalue weighted by Gasteiger charge is -2.26. The van der Waals surface area contributed by atoms with Crippen molar-refractivity contribution in [2.75, 3.05) is 4.31 Å². The smallest absolute Gasteiger partial charge is 0.189 e. The van der Waals surface area contributed by atoms with Gasteiger partial charge in [0, 0.05) is 19.4 Å². The molecule has 1 aromatic heterocycles. The second-order valence-electron chi connectivity index (χ2n) is 5.17. The van der Waals surface area contributed by atoms with Gasteiger partial charge in [-0.2, -0.15) is 4.31 Å². The Morgan fingerprint density at radius 2 is 1.50 bits per heavy atom. The molecule has 24 heavy (non-hydrogen) atoms. The van der Waals surface area contributed by atoms with E-state index in [2.05, 4.69) is 4.98 Å². The molecule has 0 N–H and O–H groups in total. The molecule has 1 atom stereocenters. The summed E-state index contributed by atoms with van der Waals surface area (Å²) in [6, 6.07) is 11.3. The molecule has 0 fully saturated rings. The second-order valence-corrected chi connectivity index (χ2v) is 6.46. The molecule has 3 aromatic rings. The molecular formula is C17H15F2N3OS. The van der Waals surface area contributed by atoms with Gasteiger partial charge in [-0.15, -0.1) is 0 Å². The summed E-state index contributed by atoms with van der Waals surface area (Å²) in [6.07, 6.45) is 3.40. The van der Waals surface area contributed by atoms with Gasteiger partial charge >= 0.3 is 0 Å². The fourth-order valence-electron chi connectivity index (χ4n) is 2.25. The van der Waals surface area contributed by atoms with Gasteiger partial charge in [0.25, 0.3) is 0 Å².